The largest absolute Gasteiger partial charge is 0.491 e. The topological polar surface area (TPSA) is 64.5 Å². The summed E-state index contributed by atoms with van der Waals surface area (Å²) in [4.78, 5) is 7.90. The van der Waals surface area contributed by atoms with E-state index in [0.29, 0.717) is 17.5 Å². The van der Waals surface area contributed by atoms with Crippen molar-refractivity contribution in [3.05, 3.63) is 42.7 Å². The normalized spacial score (nSPS) is 9.94. The number of aliphatic hydroxyl groups excluding tert-OH is 1. The summed E-state index contributed by atoms with van der Waals surface area (Å²) in [6.45, 7) is 0.276. The molecular formula is C12H12N2O3. The summed E-state index contributed by atoms with van der Waals surface area (Å²) in [7, 11) is 0. The minimum absolute atomic E-state index is 0.00386. The van der Waals surface area contributed by atoms with Crippen LogP contribution < -0.4 is 9.47 Å². The molecule has 1 aromatic heterocycles. The van der Waals surface area contributed by atoms with E-state index in [-0.39, 0.29) is 13.2 Å². The zero-order valence-corrected chi connectivity index (χ0v) is 9.11. The minimum atomic E-state index is -0.00386. The summed E-state index contributed by atoms with van der Waals surface area (Å²) in [5.74, 6) is 1.31. The van der Waals surface area contributed by atoms with E-state index in [0.717, 1.165) is 0 Å². The summed E-state index contributed by atoms with van der Waals surface area (Å²) in [6.07, 6.45) is 3.22. The zero-order valence-electron chi connectivity index (χ0n) is 9.11. The van der Waals surface area contributed by atoms with Gasteiger partial charge in [-0.1, -0.05) is 0 Å². The summed E-state index contributed by atoms with van der Waals surface area (Å²) in [6, 6.07) is 9.05. The van der Waals surface area contributed by atoms with Crippen LogP contribution in [0.1, 0.15) is 0 Å². The van der Waals surface area contributed by atoms with Crippen molar-refractivity contribution < 1.29 is 14.6 Å². The van der Waals surface area contributed by atoms with Crippen LogP contribution in [-0.2, 0) is 0 Å². The Hall–Kier alpha value is -2.14. The first kappa shape index (κ1) is 11.3. The van der Waals surface area contributed by atoms with Crippen molar-refractivity contribution in [3.63, 3.8) is 0 Å². The first-order chi connectivity index (χ1) is 8.38. The molecule has 2 aromatic rings. The molecule has 0 saturated carbocycles. The van der Waals surface area contributed by atoms with Gasteiger partial charge in [0.05, 0.1) is 6.61 Å². The average molecular weight is 232 g/mol. The molecule has 1 N–H and O–H groups in total. The predicted octanol–water partition coefficient (Wildman–Crippen LogP) is 1.64. The van der Waals surface area contributed by atoms with E-state index in [1.165, 1.54) is 0 Å². The second-order valence-electron chi connectivity index (χ2n) is 3.18. The Labute approximate surface area is 98.7 Å². The van der Waals surface area contributed by atoms with Gasteiger partial charge in [0, 0.05) is 12.4 Å². The van der Waals surface area contributed by atoms with Gasteiger partial charge in [-0.15, -0.1) is 0 Å². The van der Waals surface area contributed by atoms with Gasteiger partial charge in [-0.05, 0) is 30.3 Å². The lowest BCUT2D eigenvalue weighted by Crippen LogP contribution is -2.01. The SMILES string of the molecule is OCCOc1ccc(Oc2ncccn2)cc1. The van der Waals surface area contributed by atoms with E-state index in [9.17, 15) is 0 Å². The highest BCUT2D eigenvalue weighted by molar-refractivity contribution is 5.32. The fraction of sp³-hybridized carbons (Fsp3) is 0.167. The van der Waals surface area contributed by atoms with Crippen molar-refractivity contribution in [3.8, 4) is 17.5 Å². The molecule has 0 radical (unpaired) electrons. The maximum Gasteiger partial charge on any atom is 0.321 e. The van der Waals surface area contributed by atoms with Crippen LogP contribution in [0.25, 0.3) is 0 Å². The Kier molecular flexibility index (Phi) is 3.88. The van der Waals surface area contributed by atoms with Crippen LogP contribution in [0.5, 0.6) is 17.5 Å². The molecule has 1 aromatic carbocycles. The molecule has 0 saturated heterocycles. The molecule has 0 fully saturated rings. The van der Waals surface area contributed by atoms with Gasteiger partial charge in [0.15, 0.2) is 0 Å². The Morgan fingerprint density at radius 3 is 2.29 bits per heavy atom. The second-order valence-corrected chi connectivity index (χ2v) is 3.18. The van der Waals surface area contributed by atoms with Gasteiger partial charge in [-0.3, -0.25) is 0 Å². The summed E-state index contributed by atoms with van der Waals surface area (Å²) in [5.41, 5.74) is 0. The number of ether oxygens (including phenoxy) is 2. The van der Waals surface area contributed by atoms with Crippen LogP contribution in [0, 0.1) is 0 Å². The van der Waals surface area contributed by atoms with Gasteiger partial charge in [-0.25, -0.2) is 9.97 Å². The first-order valence-corrected chi connectivity index (χ1v) is 5.17. The van der Waals surface area contributed by atoms with Crippen LogP contribution >= 0.6 is 0 Å². The van der Waals surface area contributed by atoms with E-state index in [4.69, 9.17) is 14.6 Å². The van der Waals surface area contributed by atoms with Gasteiger partial charge < -0.3 is 14.6 Å². The molecule has 17 heavy (non-hydrogen) atoms. The molecule has 0 aliphatic heterocycles. The molecule has 0 aliphatic rings. The van der Waals surface area contributed by atoms with Crippen LogP contribution in [0.15, 0.2) is 42.7 Å². The lowest BCUT2D eigenvalue weighted by atomic mass is 10.3. The summed E-state index contributed by atoms with van der Waals surface area (Å²) < 4.78 is 10.6. The summed E-state index contributed by atoms with van der Waals surface area (Å²) in [5, 5.41) is 8.61. The molecule has 0 spiro atoms. The van der Waals surface area contributed by atoms with Crippen LogP contribution in [0.4, 0.5) is 0 Å². The Balaban J connectivity index is 1.98. The third kappa shape index (κ3) is 3.42. The maximum absolute atomic E-state index is 8.61. The second kappa shape index (κ2) is 5.81. The Morgan fingerprint density at radius 1 is 1.00 bits per heavy atom. The molecule has 0 atom stereocenters. The Morgan fingerprint density at radius 2 is 1.65 bits per heavy atom. The molecule has 5 heteroatoms. The number of aliphatic hydroxyl groups is 1. The van der Waals surface area contributed by atoms with Crippen LogP contribution in [0.3, 0.4) is 0 Å². The number of benzene rings is 1. The molecule has 2 rings (SSSR count). The number of hydrogen-bond donors (Lipinski definition) is 1. The molecule has 0 amide bonds. The standard InChI is InChI=1S/C12H12N2O3/c15-8-9-16-10-2-4-11(5-3-10)17-12-13-6-1-7-14-12/h1-7,15H,8-9H2. The third-order valence-corrected chi connectivity index (χ3v) is 1.93. The van der Waals surface area contributed by atoms with Crippen molar-refractivity contribution in [1.29, 1.82) is 0 Å². The highest BCUT2D eigenvalue weighted by atomic mass is 16.5. The van der Waals surface area contributed by atoms with E-state index in [1.807, 2.05) is 0 Å². The first-order valence-electron chi connectivity index (χ1n) is 5.17. The molecule has 5 nitrogen and oxygen atoms in total. The zero-order chi connectivity index (χ0) is 11.9. The third-order valence-electron chi connectivity index (χ3n) is 1.93. The van der Waals surface area contributed by atoms with E-state index >= 15 is 0 Å². The Bertz CT molecular complexity index is 445. The molecular weight excluding hydrogens is 220 g/mol. The average Bonchev–Trinajstić information content (AvgIpc) is 2.39. The lowest BCUT2D eigenvalue weighted by molar-refractivity contribution is 0.201. The molecule has 0 bridgehead atoms. The number of hydrogen-bond acceptors (Lipinski definition) is 5. The van der Waals surface area contributed by atoms with Gasteiger partial charge >= 0.3 is 6.01 Å². The highest BCUT2D eigenvalue weighted by Gasteiger charge is 1.99. The molecule has 0 unspecified atom stereocenters. The van der Waals surface area contributed by atoms with Crippen molar-refractivity contribution in [2.45, 2.75) is 0 Å². The summed E-state index contributed by atoms with van der Waals surface area (Å²) >= 11 is 0. The van der Waals surface area contributed by atoms with Crippen LogP contribution in [-0.4, -0.2) is 28.3 Å². The van der Waals surface area contributed by atoms with Gasteiger partial charge in [0.2, 0.25) is 0 Å². The lowest BCUT2D eigenvalue weighted by Gasteiger charge is -2.06. The number of aromatic nitrogens is 2. The van der Waals surface area contributed by atoms with Gasteiger partial charge in [0.1, 0.15) is 18.1 Å². The fourth-order valence-corrected chi connectivity index (χ4v) is 1.21. The highest BCUT2D eigenvalue weighted by Crippen LogP contribution is 2.20. The van der Waals surface area contributed by atoms with Crippen molar-refractivity contribution in [2.75, 3.05) is 13.2 Å². The number of nitrogens with zero attached hydrogens (tertiary/aromatic N) is 2. The monoisotopic (exact) mass is 232 g/mol. The molecule has 1 heterocycles. The van der Waals surface area contributed by atoms with Gasteiger partial charge in [0.25, 0.3) is 0 Å². The molecule has 88 valence electrons. The molecule has 0 aliphatic carbocycles. The van der Waals surface area contributed by atoms with Crippen LogP contribution in [0.2, 0.25) is 0 Å². The van der Waals surface area contributed by atoms with E-state index in [1.54, 1.807) is 42.7 Å². The quantitative estimate of drug-likeness (QED) is 0.849. The minimum Gasteiger partial charge on any atom is -0.491 e. The fourth-order valence-electron chi connectivity index (χ4n) is 1.21. The van der Waals surface area contributed by atoms with Gasteiger partial charge in [-0.2, -0.15) is 0 Å². The van der Waals surface area contributed by atoms with Crippen molar-refractivity contribution in [2.24, 2.45) is 0 Å². The maximum atomic E-state index is 8.61. The van der Waals surface area contributed by atoms with Crippen molar-refractivity contribution >= 4 is 0 Å². The smallest absolute Gasteiger partial charge is 0.321 e. The van der Waals surface area contributed by atoms with E-state index in [2.05, 4.69) is 9.97 Å². The van der Waals surface area contributed by atoms with E-state index < -0.39 is 0 Å². The number of rotatable bonds is 5. The van der Waals surface area contributed by atoms with Crippen molar-refractivity contribution in [1.82, 2.24) is 9.97 Å². The predicted molar refractivity (Wildman–Crippen MR) is 61.1 cm³/mol.